The smallest absolute Gasteiger partial charge is 0.251 e. The van der Waals surface area contributed by atoms with E-state index in [4.69, 9.17) is 16.3 Å². The van der Waals surface area contributed by atoms with Crippen molar-refractivity contribution in [3.05, 3.63) is 22.8 Å². The van der Waals surface area contributed by atoms with E-state index in [1.165, 1.54) is 6.07 Å². The van der Waals surface area contributed by atoms with Crippen molar-refractivity contribution < 1.29 is 9.53 Å². The van der Waals surface area contributed by atoms with Gasteiger partial charge in [0, 0.05) is 26.3 Å². The molecule has 0 bridgehead atoms. The summed E-state index contributed by atoms with van der Waals surface area (Å²) in [6.07, 6.45) is -0.0278. The van der Waals surface area contributed by atoms with Gasteiger partial charge >= 0.3 is 0 Å². The molecule has 0 aliphatic carbocycles. The number of nitrogens with one attached hydrogen (secondary N) is 2. The molecule has 1 rings (SSSR count). The van der Waals surface area contributed by atoms with Crippen LogP contribution in [0, 0.1) is 0 Å². The zero-order valence-electron chi connectivity index (χ0n) is 10.1. The van der Waals surface area contributed by atoms with Gasteiger partial charge < -0.3 is 15.4 Å². The fraction of sp³-hybridized carbons (Fsp3) is 0.455. The van der Waals surface area contributed by atoms with Gasteiger partial charge in [-0.3, -0.25) is 4.79 Å². The first kappa shape index (κ1) is 13.7. The molecule has 0 aromatic carbocycles. The molecule has 0 aliphatic heterocycles. The number of hydrogen-bond acceptors (Lipinski definition) is 4. The summed E-state index contributed by atoms with van der Waals surface area (Å²) in [6.45, 7) is 2.32. The Hall–Kier alpha value is -1.33. The summed E-state index contributed by atoms with van der Waals surface area (Å²) in [5.74, 6) is 0.358. The Morgan fingerprint density at radius 3 is 2.88 bits per heavy atom. The van der Waals surface area contributed by atoms with Gasteiger partial charge in [0.25, 0.3) is 5.91 Å². The number of aromatic nitrogens is 1. The molecule has 0 saturated heterocycles. The van der Waals surface area contributed by atoms with Crippen molar-refractivity contribution in [2.24, 2.45) is 0 Å². The quantitative estimate of drug-likeness (QED) is 0.786. The predicted molar refractivity (Wildman–Crippen MR) is 67.6 cm³/mol. The molecule has 0 aliphatic rings. The van der Waals surface area contributed by atoms with Crippen LogP contribution in [0.4, 0.5) is 5.82 Å². The molecule has 1 heterocycles. The van der Waals surface area contributed by atoms with E-state index in [9.17, 15) is 4.79 Å². The summed E-state index contributed by atoms with van der Waals surface area (Å²) in [6, 6.07) is 3.16. The molecule has 0 spiro atoms. The lowest BCUT2D eigenvalue weighted by molar-refractivity contribution is 0.0870. The van der Waals surface area contributed by atoms with E-state index in [2.05, 4.69) is 15.6 Å². The third-order valence-corrected chi connectivity index (χ3v) is 2.46. The minimum absolute atomic E-state index is 0.0278. The topological polar surface area (TPSA) is 63.2 Å². The summed E-state index contributed by atoms with van der Waals surface area (Å²) in [7, 11) is 3.31. The summed E-state index contributed by atoms with van der Waals surface area (Å²) in [4.78, 5) is 15.8. The lowest BCUT2D eigenvalue weighted by atomic mass is 10.2. The number of rotatable bonds is 5. The van der Waals surface area contributed by atoms with Crippen LogP contribution in [-0.2, 0) is 4.74 Å². The van der Waals surface area contributed by atoms with E-state index in [0.717, 1.165) is 0 Å². The minimum Gasteiger partial charge on any atom is -0.380 e. The average Bonchev–Trinajstić information content (AvgIpc) is 2.34. The summed E-state index contributed by atoms with van der Waals surface area (Å²) in [5, 5.41) is 5.87. The second-order valence-corrected chi connectivity index (χ2v) is 3.96. The first-order valence-electron chi connectivity index (χ1n) is 5.23. The van der Waals surface area contributed by atoms with E-state index in [-0.39, 0.29) is 17.2 Å². The molecule has 1 atom stereocenters. The standard InChI is InChI=1S/C11H16ClN3O2/c1-7(17-3)6-14-11(16)8-4-9(12)15-10(5-8)13-2/h4-5,7H,6H2,1-3H3,(H,13,15)(H,14,16). The molecule has 94 valence electrons. The molecule has 0 saturated carbocycles. The summed E-state index contributed by atoms with van der Waals surface area (Å²) < 4.78 is 5.04. The number of hydrogen-bond donors (Lipinski definition) is 2. The molecule has 17 heavy (non-hydrogen) atoms. The maximum atomic E-state index is 11.8. The van der Waals surface area contributed by atoms with Crippen LogP contribution < -0.4 is 10.6 Å². The molecule has 2 N–H and O–H groups in total. The molecule has 1 aromatic heterocycles. The fourth-order valence-electron chi connectivity index (χ4n) is 1.18. The fourth-order valence-corrected chi connectivity index (χ4v) is 1.39. The predicted octanol–water partition coefficient (Wildman–Crippen LogP) is 1.54. The molecule has 0 fully saturated rings. The van der Waals surface area contributed by atoms with Gasteiger partial charge in [0.05, 0.1) is 6.10 Å². The van der Waals surface area contributed by atoms with Gasteiger partial charge in [-0.2, -0.15) is 0 Å². The highest BCUT2D eigenvalue weighted by Gasteiger charge is 2.09. The highest BCUT2D eigenvalue weighted by molar-refractivity contribution is 6.29. The third kappa shape index (κ3) is 4.20. The van der Waals surface area contributed by atoms with Gasteiger partial charge in [0.2, 0.25) is 0 Å². The zero-order valence-corrected chi connectivity index (χ0v) is 10.8. The molecule has 6 heteroatoms. The highest BCUT2D eigenvalue weighted by atomic mass is 35.5. The van der Waals surface area contributed by atoms with Crippen molar-refractivity contribution in [2.45, 2.75) is 13.0 Å². The second-order valence-electron chi connectivity index (χ2n) is 3.57. The number of pyridine rings is 1. The highest BCUT2D eigenvalue weighted by Crippen LogP contribution is 2.13. The Morgan fingerprint density at radius 1 is 1.59 bits per heavy atom. The van der Waals surface area contributed by atoms with E-state index < -0.39 is 0 Å². The Bertz CT molecular complexity index is 398. The maximum absolute atomic E-state index is 11.8. The van der Waals surface area contributed by atoms with Gasteiger partial charge in [-0.25, -0.2) is 4.98 Å². The van der Waals surface area contributed by atoms with Crippen LogP contribution in [0.3, 0.4) is 0 Å². The van der Waals surface area contributed by atoms with Crippen LogP contribution in [0.2, 0.25) is 5.15 Å². The van der Waals surface area contributed by atoms with Crippen molar-refractivity contribution in [1.29, 1.82) is 0 Å². The number of halogens is 1. The van der Waals surface area contributed by atoms with Gasteiger partial charge in [-0.1, -0.05) is 11.6 Å². The number of carbonyl (C=O) groups excluding carboxylic acids is 1. The van der Waals surface area contributed by atoms with Crippen molar-refractivity contribution in [3.63, 3.8) is 0 Å². The van der Waals surface area contributed by atoms with Gasteiger partial charge in [0.1, 0.15) is 11.0 Å². The van der Waals surface area contributed by atoms with Gasteiger partial charge in [-0.15, -0.1) is 0 Å². The lowest BCUT2D eigenvalue weighted by Crippen LogP contribution is -2.31. The molecule has 1 unspecified atom stereocenters. The van der Waals surface area contributed by atoms with Gasteiger partial charge in [-0.05, 0) is 19.1 Å². The average molecular weight is 258 g/mol. The largest absolute Gasteiger partial charge is 0.380 e. The normalized spacial score (nSPS) is 12.0. The molecular formula is C11H16ClN3O2. The monoisotopic (exact) mass is 257 g/mol. The SMILES string of the molecule is CNc1cc(C(=O)NCC(C)OC)cc(Cl)n1. The second kappa shape index (κ2) is 6.42. The van der Waals surface area contributed by atoms with Crippen LogP contribution in [0.5, 0.6) is 0 Å². The van der Waals surface area contributed by atoms with Crippen molar-refractivity contribution in [3.8, 4) is 0 Å². The lowest BCUT2D eigenvalue weighted by Gasteiger charge is -2.11. The van der Waals surface area contributed by atoms with E-state index in [1.54, 1.807) is 20.2 Å². The molecule has 0 radical (unpaired) electrons. The zero-order chi connectivity index (χ0) is 12.8. The molecule has 5 nitrogen and oxygen atoms in total. The third-order valence-electron chi connectivity index (χ3n) is 2.26. The number of methoxy groups -OCH3 is 1. The van der Waals surface area contributed by atoms with E-state index >= 15 is 0 Å². The Labute approximate surface area is 106 Å². The molecule has 1 aromatic rings. The number of carbonyl (C=O) groups is 1. The maximum Gasteiger partial charge on any atom is 0.251 e. The number of nitrogens with zero attached hydrogens (tertiary/aromatic N) is 1. The summed E-state index contributed by atoms with van der Waals surface area (Å²) >= 11 is 5.81. The number of anilines is 1. The van der Waals surface area contributed by atoms with Crippen molar-refractivity contribution in [2.75, 3.05) is 26.0 Å². The Balaban J connectivity index is 2.71. The van der Waals surface area contributed by atoms with Crippen molar-refractivity contribution in [1.82, 2.24) is 10.3 Å². The van der Waals surface area contributed by atoms with E-state index in [0.29, 0.717) is 17.9 Å². The Kier molecular flexibility index (Phi) is 5.18. The van der Waals surface area contributed by atoms with Crippen LogP contribution in [-0.4, -0.2) is 37.7 Å². The van der Waals surface area contributed by atoms with Crippen LogP contribution in [0.1, 0.15) is 17.3 Å². The molecular weight excluding hydrogens is 242 g/mol. The first-order valence-corrected chi connectivity index (χ1v) is 5.61. The Morgan fingerprint density at radius 2 is 2.29 bits per heavy atom. The molecule has 1 amide bonds. The van der Waals surface area contributed by atoms with E-state index in [1.807, 2.05) is 6.92 Å². The number of amides is 1. The number of ether oxygens (including phenoxy) is 1. The van der Waals surface area contributed by atoms with Crippen molar-refractivity contribution >= 4 is 23.3 Å². The van der Waals surface area contributed by atoms with Crippen LogP contribution >= 0.6 is 11.6 Å². The van der Waals surface area contributed by atoms with Gasteiger partial charge in [0.15, 0.2) is 0 Å². The summed E-state index contributed by atoms with van der Waals surface area (Å²) in [5.41, 5.74) is 0.470. The van der Waals surface area contributed by atoms with Crippen LogP contribution in [0.15, 0.2) is 12.1 Å². The minimum atomic E-state index is -0.199. The van der Waals surface area contributed by atoms with Crippen LogP contribution in [0.25, 0.3) is 0 Å². The first-order chi connectivity index (χ1) is 8.06.